The minimum absolute atomic E-state index is 0.102. The standard InChI is InChI=1S/C20H24BrN5O2/c1-12-10-23-19(24-14-4-5-16(21)15(8-14)20(2,3)27)26-18(12)25-17-11-28-7-6-13(17)9-22/h4-5,8,10,13,17,27H,6-7,11H2,1-3H3,(H2,23,24,25,26)/t13?,17-/m0/s1. The van der Waals surface area contributed by atoms with Crippen LogP contribution >= 0.6 is 15.9 Å². The van der Waals surface area contributed by atoms with Gasteiger partial charge in [-0.3, -0.25) is 0 Å². The summed E-state index contributed by atoms with van der Waals surface area (Å²) in [6.07, 6.45) is 2.44. The molecule has 3 N–H and O–H groups in total. The van der Waals surface area contributed by atoms with Crippen LogP contribution in [0.3, 0.4) is 0 Å². The Hall–Kier alpha value is -2.21. The minimum atomic E-state index is -0.981. The molecule has 8 heteroatoms. The first kappa shape index (κ1) is 20.5. The van der Waals surface area contributed by atoms with Crippen LogP contribution in [0.5, 0.6) is 0 Å². The van der Waals surface area contributed by atoms with E-state index >= 15 is 0 Å². The zero-order chi connectivity index (χ0) is 20.3. The molecule has 1 aromatic carbocycles. The third-order valence-electron chi connectivity index (χ3n) is 4.70. The van der Waals surface area contributed by atoms with Gasteiger partial charge in [-0.15, -0.1) is 0 Å². The van der Waals surface area contributed by atoms with Crippen LogP contribution < -0.4 is 10.6 Å². The molecule has 1 saturated heterocycles. The van der Waals surface area contributed by atoms with Crippen LogP contribution in [0.15, 0.2) is 28.9 Å². The number of nitriles is 1. The van der Waals surface area contributed by atoms with E-state index in [1.807, 2.05) is 25.1 Å². The van der Waals surface area contributed by atoms with Crippen LogP contribution in [-0.4, -0.2) is 34.3 Å². The highest BCUT2D eigenvalue weighted by Gasteiger charge is 2.26. The number of nitrogens with one attached hydrogen (secondary N) is 2. The number of aliphatic hydroxyl groups is 1. The molecule has 1 unspecified atom stereocenters. The van der Waals surface area contributed by atoms with E-state index in [2.05, 4.69) is 42.6 Å². The van der Waals surface area contributed by atoms with E-state index in [1.54, 1.807) is 20.0 Å². The van der Waals surface area contributed by atoms with Crippen molar-refractivity contribution >= 4 is 33.4 Å². The fourth-order valence-corrected chi connectivity index (χ4v) is 3.79. The Morgan fingerprint density at radius 2 is 2.18 bits per heavy atom. The molecular weight excluding hydrogens is 422 g/mol. The van der Waals surface area contributed by atoms with Crippen LogP contribution in [0.25, 0.3) is 0 Å². The molecule has 0 bridgehead atoms. The summed E-state index contributed by atoms with van der Waals surface area (Å²) in [5.41, 5.74) is 1.44. The fraction of sp³-hybridized carbons (Fsp3) is 0.450. The molecular formula is C20H24BrN5O2. The highest BCUT2D eigenvalue weighted by molar-refractivity contribution is 9.10. The van der Waals surface area contributed by atoms with Crippen molar-refractivity contribution in [2.45, 2.75) is 38.8 Å². The van der Waals surface area contributed by atoms with Gasteiger partial charge in [0.15, 0.2) is 0 Å². The average Bonchev–Trinajstić information content (AvgIpc) is 2.65. The number of anilines is 3. The lowest BCUT2D eigenvalue weighted by Crippen LogP contribution is -2.38. The molecule has 28 heavy (non-hydrogen) atoms. The zero-order valence-corrected chi connectivity index (χ0v) is 17.7. The molecule has 0 amide bonds. The van der Waals surface area contributed by atoms with Crippen molar-refractivity contribution in [2.24, 2.45) is 5.92 Å². The molecule has 2 heterocycles. The number of halogens is 1. The van der Waals surface area contributed by atoms with Crippen LogP contribution in [0.4, 0.5) is 17.5 Å². The van der Waals surface area contributed by atoms with Crippen molar-refractivity contribution in [3.63, 3.8) is 0 Å². The topological polar surface area (TPSA) is 103 Å². The van der Waals surface area contributed by atoms with E-state index in [4.69, 9.17) is 4.74 Å². The van der Waals surface area contributed by atoms with Crippen LogP contribution in [0.2, 0.25) is 0 Å². The number of nitrogens with zero attached hydrogens (tertiary/aromatic N) is 3. The number of aryl methyl sites for hydroxylation is 1. The first-order chi connectivity index (χ1) is 13.3. The maximum absolute atomic E-state index is 10.3. The Morgan fingerprint density at radius 3 is 2.89 bits per heavy atom. The summed E-state index contributed by atoms with van der Waals surface area (Å²) in [5.74, 6) is 0.996. The second-order valence-corrected chi connectivity index (χ2v) is 8.31. The van der Waals surface area contributed by atoms with Crippen molar-refractivity contribution in [3.8, 4) is 6.07 Å². The number of rotatable bonds is 5. The van der Waals surface area contributed by atoms with Gasteiger partial charge in [0.05, 0.1) is 30.2 Å². The Bertz CT molecular complexity index is 891. The molecule has 1 aliphatic rings. The number of aromatic nitrogens is 2. The van der Waals surface area contributed by atoms with E-state index in [0.717, 1.165) is 21.3 Å². The highest BCUT2D eigenvalue weighted by Crippen LogP contribution is 2.31. The maximum Gasteiger partial charge on any atom is 0.229 e. The number of benzene rings is 1. The molecule has 0 radical (unpaired) electrons. The van der Waals surface area contributed by atoms with Gasteiger partial charge in [-0.2, -0.15) is 10.2 Å². The zero-order valence-electron chi connectivity index (χ0n) is 16.2. The van der Waals surface area contributed by atoms with Gasteiger partial charge in [-0.1, -0.05) is 15.9 Å². The van der Waals surface area contributed by atoms with Crippen molar-refractivity contribution in [3.05, 3.63) is 40.0 Å². The molecule has 0 spiro atoms. The summed E-state index contributed by atoms with van der Waals surface area (Å²) in [6, 6.07) is 7.86. The maximum atomic E-state index is 10.3. The van der Waals surface area contributed by atoms with E-state index in [-0.39, 0.29) is 12.0 Å². The van der Waals surface area contributed by atoms with Gasteiger partial charge in [0.1, 0.15) is 5.82 Å². The van der Waals surface area contributed by atoms with Crippen molar-refractivity contribution < 1.29 is 9.84 Å². The fourth-order valence-electron chi connectivity index (χ4n) is 3.06. The second kappa shape index (κ2) is 8.43. The normalized spacial score (nSPS) is 19.7. The van der Waals surface area contributed by atoms with E-state index in [1.165, 1.54) is 0 Å². The molecule has 2 atom stereocenters. The van der Waals surface area contributed by atoms with Crippen LogP contribution in [-0.2, 0) is 10.3 Å². The third-order valence-corrected chi connectivity index (χ3v) is 5.39. The molecule has 0 aliphatic carbocycles. The molecule has 1 fully saturated rings. The summed E-state index contributed by atoms with van der Waals surface area (Å²) in [5, 5.41) is 26.2. The predicted molar refractivity (Wildman–Crippen MR) is 111 cm³/mol. The quantitative estimate of drug-likeness (QED) is 0.641. The smallest absolute Gasteiger partial charge is 0.229 e. The second-order valence-electron chi connectivity index (χ2n) is 7.45. The first-order valence-corrected chi connectivity index (χ1v) is 9.94. The van der Waals surface area contributed by atoms with E-state index < -0.39 is 5.60 Å². The van der Waals surface area contributed by atoms with Crippen molar-refractivity contribution in [2.75, 3.05) is 23.8 Å². The Labute approximate surface area is 173 Å². The summed E-state index contributed by atoms with van der Waals surface area (Å²) >= 11 is 3.47. The Balaban J connectivity index is 1.81. The molecule has 1 aliphatic heterocycles. The Morgan fingerprint density at radius 1 is 1.39 bits per heavy atom. The monoisotopic (exact) mass is 445 g/mol. The van der Waals surface area contributed by atoms with Gasteiger partial charge in [-0.25, -0.2) is 4.98 Å². The molecule has 1 aromatic heterocycles. The molecule has 3 rings (SSSR count). The lowest BCUT2D eigenvalue weighted by atomic mass is 9.96. The molecule has 7 nitrogen and oxygen atoms in total. The SMILES string of the molecule is Cc1cnc(Nc2ccc(Br)c(C(C)(C)O)c2)nc1N[C@H]1COCCC1C#N. The number of hydrogen-bond acceptors (Lipinski definition) is 7. The van der Waals surface area contributed by atoms with Gasteiger partial charge in [0, 0.05) is 28.5 Å². The molecule has 148 valence electrons. The molecule has 0 saturated carbocycles. The first-order valence-electron chi connectivity index (χ1n) is 9.15. The minimum Gasteiger partial charge on any atom is -0.386 e. The highest BCUT2D eigenvalue weighted by atomic mass is 79.9. The largest absolute Gasteiger partial charge is 0.386 e. The van der Waals surface area contributed by atoms with E-state index in [0.29, 0.717) is 31.4 Å². The van der Waals surface area contributed by atoms with Gasteiger partial charge >= 0.3 is 0 Å². The molecule has 2 aromatic rings. The van der Waals surface area contributed by atoms with Crippen LogP contribution in [0.1, 0.15) is 31.4 Å². The summed E-state index contributed by atoms with van der Waals surface area (Å²) in [7, 11) is 0. The summed E-state index contributed by atoms with van der Waals surface area (Å²) < 4.78 is 6.34. The summed E-state index contributed by atoms with van der Waals surface area (Å²) in [4.78, 5) is 8.92. The third kappa shape index (κ3) is 4.79. The average molecular weight is 446 g/mol. The predicted octanol–water partition coefficient (Wildman–Crippen LogP) is 3.86. The van der Waals surface area contributed by atoms with Gasteiger partial charge in [0.2, 0.25) is 5.95 Å². The summed E-state index contributed by atoms with van der Waals surface area (Å²) in [6.45, 7) is 6.48. The van der Waals surface area contributed by atoms with Gasteiger partial charge < -0.3 is 20.5 Å². The van der Waals surface area contributed by atoms with E-state index in [9.17, 15) is 10.4 Å². The van der Waals surface area contributed by atoms with Crippen molar-refractivity contribution in [1.82, 2.24) is 9.97 Å². The lowest BCUT2D eigenvalue weighted by molar-refractivity contribution is 0.0698. The van der Waals surface area contributed by atoms with Crippen molar-refractivity contribution in [1.29, 1.82) is 5.26 Å². The Kier molecular flexibility index (Phi) is 6.18. The van der Waals surface area contributed by atoms with Gasteiger partial charge in [-0.05, 0) is 51.0 Å². The number of hydrogen-bond donors (Lipinski definition) is 3. The number of ether oxygens (including phenoxy) is 1. The van der Waals surface area contributed by atoms with Gasteiger partial charge in [0.25, 0.3) is 0 Å². The van der Waals surface area contributed by atoms with Crippen LogP contribution in [0, 0.1) is 24.2 Å². The lowest BCUT2D eigenvalue weighted by Gasteiger charge is -2.28.